The van der Waals surface area contributed by atoms with Gasteiger partial charge in [0, 0.05) is 38.3 Å². The molecule has 0 spiro atoms. The molecule has 6 aromatic carbocycles. The minimum absolute atomic E-state index is 0.109. The standard InChI is InChI=1S/C39H28N2/c1-39(2)33-17-9-6-14-27(33)30-21-22-31-32-24-26(40-34-18-10-7-15-28(34)29-16-8-11-19-35(29)40)20-23-36(32)41(38(31)37(30)39)25-12-4-3-5-13-25/h3-24H,1-2H3. The van der Waals surface area contributed by atoms with Gasteiger partial charge in [-0.3, -0.25) is 0 Å². The first-order chi connectivity index (χ1) is 20.1. The summed E-state index contributed by atoms with van der Waals surface area (Å²) in [5, 5.41) is 5.14. The lowest BCUT2D eigenvalue weighted by Gasteiger charge is -2.23. The molecule has 0 amide bonds. The van der Waals surface area contributed by atoms with Crippen molar-refractivity contribution in [3.63, 3.8) is 0 Å². The van der Waals surface area contributed by atoms with E-state index in [-0.39, 0.29) is 5.41 Å². The number of nitrogens with zero attached hydrogens (tertiary/aromatic N) is 2. The molecule has 0 saturated carbocycles. The fourth-order valence-electron chi connectivity index (χ4n) is 7.54. The quantitative estimate of drug-likeness (QED) is 0.213. The zero-order valence-electron chi connectivity index (χ0n) is 23.1. The van der Waals surface area contributed by atoms with Crippen molar-refractivity contribution in [3.8, 4) is 22.5 Å². The van der Waals surface area contributed by atoms with Crippen LogP contribution in [0.15, 0.2) is 133 Å². The highest BCUT2D eigenvalue weighted by Gasteiger charge is 2.38. The Morgan fingerprint density at radius 2 is 1.07 bits per heavy atom. The number of benzene rings is 6. The molecule has 0 N–H and O–H groups in total. The first-order valence-corrected chi connectivity index (χ1v) is 14.4. The van der Waals surface area contributed by atoms with Crippen LogP contribution in [0.2, 0.25) is 0 Å². The maximum atomic E-state index is 2.49. The summed E-state index contributed by atoms with van der Waals surface area (Å²) < 4.78 is 4.91. The number of rotatable bonds is 2. The Morgan fingerprint density at radius 3 is 1.83 bits per heavy atom. The van der Waals surface area contributed by atoms with Gasteiger partial charge in [-0.05, 0) is 64.7 Å². The van der Waals surface area contributed by atoms with Crippen LogP contribution in [0, 0.1) is 0 Å². The largest absolute Gasteiger partial charge is 0.309 e. The molecular formula is C39H28N2. The maximum Gasteiger partial charge on any atom is 0.0588 e. The molecule has 0 aliphatic heterocycles. The van der Waals surface area contributed by atoms with Gasteiger partial charge in [-0.15, -0.1) is 0 Å². The minimum Gasteiger partial charge on any atom is -0.309 e. The summed E-state index contributed by atoms with van der Waals surface area (Å²) in [7, 11) is 0. The Kier molecular flexibility index (Phi) is 4.42. The van der Waals surface area contributed by atoms with Crippen molar-refractivity contribution in [2.24, 2.45) is 0 Å². The van der Waals surface area contributed by atoms with Gasteiger partial charge in [0.2, 0.25) is 0 Å². The van der Waals surface area contributed by atoms with Crippen LogP contribution in [0.25, 0.3) is 66.1 Å². The molecule has 41 heavy (non-hydrogen) atoms. The highest BCUT2D eigenvalue weighted by atomic mass is 15.0. The van der Waals surface area contributed by atoms with E-state index in [9.17, 15) is 0 Å². The molecule has 0 atom stereocenters. The van der Waals surface area contributed by atoms with Gasteiger partial charge in [0.25, 0.3) is 0 Å². The molecule has 2 heteroatoms. The number of fused-ring (bicyclic) bond motifs is 10. The second-order valence-corrected chi connectivity index (χ2v) is 11.8. The van der Waals surface area contributed by atoms with E-state index in [2.05, 4.69) is 156 Å². The van der Waals surface area contributed by atoms with Crippen molar-refractivity contribution in [2.45, 2.75) is 19.3 Å². The predicted molar refractivity (Wildman–Crippen MR) is 173 cm³/mol. The summed E-state index contributed by atoms with van der Waals surface area (Å²) >= 11 is 0. The molecule has 0 radical (unpaired) electrons. The molecule has 0 fully saturated rings. The fraction of sp³-hybridized carbons (Fsp3) is 0.0769. The molecule has 194 valence electrons. The lowest BCUT2D eigenvalue weighted by atomic mass is 9.81. The Hall–Kier alpha value is -5.08. The summed E-state index contributed by atoms with van der Waals surface area (Å²) in [5.41, 5.74) is 12.8. The van der Waals surface area contributed by atoms with Gasteiger partial charge < -0.3 is 9.13 Å². The Bertz CT molecular complexity index is 2280. The molecule has 0 unspecified atom stereocenters. The fourth-order valence-corrected chi connectivity index (χ4v) is 7.54. The van der Waals surface area contributed by atoms with Crippen LogP contribution in [0.3, 0.4) is 0 Å². The van der Waals surface area contributed by atoms with Crippen molar-refractivity contribution in [3.05, 3.63) is 145 Å². The second-order valence-electron chi connectivity index (χ2n) is 11.8. The molecule has 1 aliphatic rings. The summed E-state index contributed by atoms with van der Waals surface area (Å²) in [6, 6.07) is 49.0. The number of hydrogen-bond donors (Lipinski definition) is 0. The Morgan fingerprint density at radius 1 is 0.439 bits per heavy atom. The van der Waals surface area contributed by atoms with Crippen molar-refractivity contribution in [2.75, 3.05) is 0 Å². The van der Waals surface area contributed by atoms with Crippen LogP contribution in [0.5, 0.6) is 0 Å². The lowest BCUT2D eigenvalue weighted by Crippen LogP contribution is -2.16. The summed E-state index contributed by atoms with van der Waals surface area (Å²) in [4.78, 5) is 0. The number of para-hydroxylation sites is 3. The Balaban J connectivity index is 1.42. The monoisotopic (exact) mass is 524 g/mol. The SMILES string of the molecule is CC1(C)c2ccccc2-c2ccc3c4cc(-n5c6ccccc6c6ccccc65)ccc4n(-c4ccccc4)c3c21. The van der Waals surface area contributed by atoms with Gasteiger partial charge in [0.15, 0.2) is 0 Å². The topological polar surface area (TPSA) is 9.86 Å². The molecule has 0 saturated heterocycles. The van der Waals surface area contributed by atoms with Crippen LogP contribution in [-0.4, -0.2) is 9.13 Å². The van der Waals surface area contributed by atoms with Gasteiger partial charge >= 0.3 is 0 Å². The van der Waals surface area contributed by atoms with Crippen LogP contribution < -0.4 is 0 Å². The van der Waals surface area contributed by atoms with Crippen molar-refractivity contribution in [1.29, 1.82) is 0 Å². The Labute approximate surface area is 238 Å². The summed E-state index contributed by atoms with van der Waals surface area (Å²) in [6.07, 6.45) is 0. The van der Waals surface area contributed by atoms with E-state index >= 15 is 0 Å². The van der Waals surface area contributed by atoms with E-state index in [0.29, 0.717) is 0 Å². The van der Waals surface area contributed by atoms with E-state index < -0.39 is 0 Å². The van der Waals surface area contributed by atoms with E-state index in [4.69, 9.17) is 0 Å². The van der Waals surface area contributed by atoms with Gasteiger partial charge in [-0.1, -0.05) is 105 Å². The minimum atomic E-state index is -0.109. The predicted octanol–water partition coefficient (Wildman–Crippen LogP) is 10.2. The van der Waals surface area contributed by atoms with Crippen LogP contribution in [0.4, 0.5) is 0 Å². The van der Waals surface area contributed by atoms with Gasteiger partial charge in [0.1, 0.15) is 0 Å². The number of aromatic nitrogens is 2. The zero-order valence-corrected chi connectivity index (χ0v) is 23.1. The van der Waals surface area contributed by atoms with E-state index in [1.807, 2.05) is 0 Å². The van der Waals surface area contributed by atoms with E-state index in [0.717, 1.165) is 0 Å². The van der Waals surface area contributed by atoms with Crippen molar-refractivity contribution < 1.29 is 0 Å². The van der Waals surface area contributed by atoms with Crippen molar-refractivity contribution >= 4 is 43.6 Å². The average Bonchev–Trinajstić information content (AvgIpc) is 3.61. The molecular weight excluding hydrogens is 496 g/mol. The third kappa shape index (κ3) is 2.92. The molecule has 8 aromatic rings. The van der Waals surface area contributed by atoms with E-state index in [1.165, 1.54) is 77.2 Å². The van der Waals surface area contributed by atoms with E-state index in [1.54, 1.807) is 0 Å². The normalized spacial score (nSPS) is 13.8. The summed E-state index contributed by atoms with van der Waals surface area (Å²) in [5.74, 6) is 0. The average molecular weight is 525 g/mol. The molecule has 2 aromatic heterocycles. The smallest absolute Gasteiger partial charge is 0.0588 e. The second kappa shape index (κ2) is 7.99. The zero-order chi connectivity index (χ0) is 27.3. The molecule has 2 heterocycles. The van der Waals surface area contributed by atoms with Crippen LogP contribution in [-0.2, 0) is 5.41 Å². The van der Waals surface area contributed by atoms with Crippen LogP contribution in [0.1, 0.15) is 25.0 Å². The van der Waals surface area contributed by atoms with Crippen molar-refractivity contribution in [1.82, 2.24) is 9.13 Å². The first-order valence-electron chi connectivity index (χ1n) is 14.4. The third-order valence-electron chi connectivity index (χ3n) is 9.28. The molecule has 0 bridgehead atoms. The first kappa shape index (κ1) is 22.7. The molecule has 2 nitrogen and oxygen atoms in total. The lowest BCUT2D eigenvalue weighted by molar-refractivity contribution is 0.664. The highest BCUT2D eigenvalue weighted by Crippen LogP contribution is 2.53. The summed E-state index contributed by atoms with van der Waals surface area (Å²) in [6.45, 7) is 4.77. The maximum absolute atomic E-state index is 2.49. The van der Waals surface area contributed by atoms with Gasteiger partial charge in [0.05, 0.1) is 22.1 Å². The van der Waals surface area contributed by atoms with Crippen LogP contribution >= 0.6 is 0 Å². The third-order valence-corrected chi connectivity index (χ3v) is 9.28. The number of hydrogen-bond acceptors (Lipinski definition) is 0. The molecule has 9 rings (SSSR count). The van der Waals surface area contributed by atoms with Gasteiger partial charge in [-0.25, -0.2) is 0 Å². The highest BCUT2D eigenvalue weighted by molar-refractivity contribution is 6.14. The van der Waals surface area contributed by atoms with Gasteiger partial charge in [-0.2, -0.15) is 0 Å². The molecule has 1 aliphatic carbocycles.